The van der Waals surface area contributed by atoms with Crippen molar-refractivity contribution in [1.29, 1.82) is 10.5 Å². The zero-order valence-electron chi connectivity index (χ0n) is 18.6. The van der Waals surface area contributed by atoms with Gasteiger partial charge in [-0.3, -0.25) is 9.78 Å². The molecule has 2 atom stereocenters. The van der Waals surface area contributed by atoms with Crippen molar-refractivity contribution in [3.05, 3.63) is 35.8 Å². The van der Waals surface area contributed by atoms with Gasteiger partial charge in [-0.1, -0.05) is 0 Å². The van der Waals surface area contributed by atoms with Crippen LogP contribution >= 0.6 is 0 Å². The van der Waals surface area contributed by atoms with Crippen LogP contribution in [-0.2, 0) is 16.0 Å². The molecule has 1 saturated heterocycles. The Kier molecular flexibility index (Phi) is 5.82. The first-order valence-corrected chi connectivity index (χ1v) is 10.8. The van der Waals surface area contributed by atoms with Gasteiger partial charge >= 0.3 is 0 Å². The summed E-state index contributed by atoms with van der Waals surface area (Å²) in [6, 6.07) is 9.95. The molecule has 3 heterocycles. The first-order chi connectivity index (χ1) is 15.3. The first-order valence-electron chi connectivity index (χ1n) is 10.8. The average molecular weight is 431 g/mol. The van der Waals surface area contributed by atoms with Crippen molar-refractivity contribution in [3.63, 3.8) is 0 Å². The topological polar surface area (TPSA) is 117 Å². The quantitative estimate of drug-likeness (QED) is 0.663. The maximum absolute atomic E-state index is 12.8. The SMILES string of the molecule is C[C@@H]1C[C@H](n2c(CC(=O)NCC(C)(C)C#N)nc3cnc4ccc(C#N)cc4c32)CCO1. The van der Waals surface area contributed by atoms with Gasteiger partial charge in [0.1, 0.15) is 11.3 Å². The number of rotatable bonds is 5. The predicted molar refractivity (Wildman–Crippen MR) is 120 cm³/mol. The van der Waals surface area contributed by atoms with Crippen LogP contribution in [0.1, 0.15) is 51.0 Å². The number of imidazole rings is 1. The number of carbonyl (C=O) groups is 1. The van der Waals surface area contributed by atoms with Crippen LogP contribution in [0, 0.1) is 28.1 Å². The lowest BCUT2D eigenvalue weighted by Crippen LogP contribution is -2.35. The molecule has 3 aromatic rings. The van der Waals surface area contributed by atoms with Crippen LogP contribution in [0.5, 0.6) is 0 Å². The maximum atomic E-state index is 12.8. The molecule has 0 aliphatic carbocycles. The molecule has 1 aliphatic heterocycles. The summed E-state index contributed by atoms with van der Waals surface area (Å²) in [5.41, 5.74) is 2.29. The van der Waals surface area contributed by atoms with Crippen molar-refractivity contribution < 1.29 is 9.53 Å². The van der Waals surface area contributed by atoms with E-state index in [9.17, 15) is 15.3 Å². The van der Waals surface area contributed by atoms with Gasteiger partial charge in [0, 0.05) is 24.6 Å². The molecule has 0 bridgehead atoms. The number of pyridine rings is 1. The summed E-state index contributed by atoms with van der Waals surface area (Å²) in [6.07, 6.45) is 3.55. The fraction of sp³-hybridized carbons (Fsp3) is 0.458. The second kappa shape index (κ2) is 8.57. The standard InChI is InChI=1S/C24H26N6O2/c1-15-8-17(6-7-32-15)30-21(10-22(31)28-14-24(2,3)13-26)29-20-12-27-19-5-4-16(11-25)9-18(19)23(20)30/h4-5,9,12,15,17H,6-8,10,14H2,1-3H3,(H,28,31)/t15-,17-/m1/s1. The van der Waals surface area contributed by atoms with Crippen LogP contribution in [-0.4, -0.2) is 39.7 Å². The second-order valence-corrected chi connectivity index (χ2v) is 9.04. The number of fused-ring (bicyclic) bond motifs is 3. The van der Waals surface area contributed by atoms with Crippen molar-refractivity contribution >= 4 is 27.8 Å². The number of nitrogens with one attached hydrogen (secondary N) is 1. The minimum Gasteiger partial charge on any atom is -0.378 e. The Morgan fingerprint density at radius 1 is 1.34 bits per heavy atom. The van der Waals surface area contributed by atoms with Crippen LogP contribution in [0.15, 0.2) is 24.4 Å². The molecule has 1 aromatic carbocycles. The van der Waals surface area contributed by atoms with Crippen molar-refractivity contribution in [2.45, 2.75) is 52.2 Å². The average Bonchev–Trinajstić information content (AvgIpc) is 3.15. The third-order valence-electron chi connectivity index (χ3n) is 5.89. The molecule has 0 radical (unpaired) electrons. The van der Waals surface area contributed by atoms with Crippen LogP contribution in [0.3, 0.4) is 0 Å². The van der Waals surface area contributed by atoms with Crippen LogP contribution in [0.25, 0.3) is 21.9 Å². The molecule has 1 N–H and O–H groups in total. The Balaban J connectivity index is 1.80. The van der Waals surface area contributed by atoms with E-state index in [1.54, 1.807) is 26.1 Å². The number of carbonyl (C=O) groups excluding carboxylic acids is 1. The van der Waals surface area contributed by atoms with Gasteiger partial charge in [-0.25, -0.2) is 4.98 Å². The Labute approximate surface area is 186 Å². The second-order valence-electron chi connectivity index (χ2n) is 9.04. The normalized spacial score (nSPS) is 18.9. The number of hydrogen-bond donors (Lipinski definition) is 1. The highest BCUT2D eigenvalue weighted by Crippen LogP contribution is 2.34. The molecular formula is C24H26N6O2. The van der Waals surface area contributed by atoms with E-state index < -0.39 is 5.41 Å². The maximum Gasteiger partial charge on any atom is 0.227 e. The molecule has 32 heavy (non-hydrogen) atoms. The van der Waals surface area contributed by atoms with Gasteiger partial charge in [0.2, 0.25) is 5.91 Å². The van der Waals surface area contributed by atoms with Gasteiger partial charge in [0.15, 0.2) is 0 Å². The molecule has 1 aliphatic rings. The zero-order valence-corrected chi connectivity index (χ0v) is 18.6. The largest absolute Gasteiger partial charge is 0.378 e. The first kappa shape index (κ1) is 21.7. The molecule has 1 amide bonds. The van der Waals surface area contributed by atoms with E-state index in [1.807, 2.05) is 12.1 Å². The number of amides is 1. The number of hydrogen-bond acceptors (Lipinski definition) is 6. The van der Waals surface area contributed by atoms with Gasteiger partial charge in [-0.2, -0.15) is 10.5 Å². The summed E-state index contributed by atoms with van der Waals surface area (Å²) in [5.74, 6) is 0.475. The smallest absolute Gasteiger partial charge is 0.227 e. The van der Waals surface area contributed by atoms with E-state index in [0.717, 1.165) is 29.3 Å². The van der Waals surface area contributed by atoms with Gasteiger partial charge in [0.25, 0.3) is 0 Å². The minimum atomic E-state index is -0.639. The van der Waals surface area contributed by atoms with Crippen molar-refractivity contribution in [2.75, 3.05) is 13.2 Å². The van der Waals surface area contributed by atoms with E-state index in [1.165, 1.54) is 0 Å². The van der Waals surface area contributed by atoms with E-state index >= 15 is 0 Å². The molecule has 0 spiro atoms. The van der Waals surface area contributed by atoms with Gasteiger partial charge in [-0.05, 0) is 51.8 Å². The molecule has 4 rings (SSSR count). The highest BCUT2D eigenvalue weighted by Gasteiger charge is 2.27. The van der Waals surface area contributed by atoms with Crippen molar-refractivity contribution in [1.82, 2.24) is 19.9 Å². The fourth-order valence-corrected chi connectivity index (χ4v) is 4.19. The van der Waals surface area contributed by atoms with E-state index in [4.69, 9.17) is 9.72 Å². The molecule has 0 unspecified atom stereocenters. The molecular weight excluding hydrogens is 404 g/mol. The minimum absolute atomic E-state index is 0.0986. The lowest BCUT2D eigenvalue weighted by molar-refractivity contribution is -0.120. The highest BCUT2D eigenvalue weighted by molar-refractivity contribution is 6.03. The van der Waals surface area contributed by atoms with Gasteiger partial charge in [0.05, 0.1) is 52.9 Å². The summed E-state index contributed by atoms with van der Waals surface area (Å²) >= 11 is 0. The van der Waals surface area contributed by atoms with Crippen LogP contribution in [0.2, 0.25) is 0 Å². The van der Waals surface area contributed by atoms with Gasteiger partial charge in [-0.15, -0.1) is 0 Å². The van der Waals surface area contributed by atoms with Crippen molar-refractivity contribution in [3.8, 4) is 12.1 Å². The zero-order chi connectivity index (χ0) is 22.9. The number of benzene rings is 1. The predicted octanol–water partition coefficient (Wildman–Crippen LogP) is 3.40. The highest BCUT2D eigenvalue weighted by atomic mass is 16.5. The third kappa shape index (κ3) is 4.28. The molecule has 1 fully saturated rings. The fourth-order valence-electron chi connectivity index (χ4n) is 4.19. The Bertz CT molecular complexity index is 1260. The molecule has 2 aromatic heterocycles. The van der Waals surface area contributed by atoms with Crippen LogP contribution < -0.4 is 5.32 Å². The Hall–Kier alpha value is -3.49. The Morgan fingerprint density at radius 3 is 2.88 bits per heavy atom. The summed E-state index contributed by atoms with van der Waals surface area (Å²) in [7, 11) is 0. The summed E-state index contributed by atoms with van der Waals surface area (Å²) in [5, 5.41) is 22.3. The number of nitriles is 2. The molecule has 0 saturated carbocycles. The lowest BCUT2D eigenvalue weighted by atomic mass is 9.96. The van der Waals surface area contributed by atoms with E-state index in [-0.39, 0.29) is 31.0 Å². The Morgan fingerprint density at radius 2 is 2.16 bits per heavy atom. The number of nitrogens with zero attached hydrogens (tertiary/aromatic N) is 5. The molecule has 8 heteroatoms. The summed E-state index contributed by atoms with van der Waals surface area (Å²) in [6.45, 7) is 6.54. The van der Waals surface area contributed by atoms with Gasteiger partial charge < -0.3 is 14.6 Å². The summed E-state index contributed by atoms with van der Waals surface area (Å²) in [4.78, 5) is 22.0. The van der Waals surface area contributed by atoms with Crippen LogP contribution in [0.4, 0.5) is 0 Å². The monoisotopic (exact) mass is 430 g/mol. The molecule has 164 valence electrons. The molecule has 8 nitrogen and oxygen atoms in total. The number of aromatic nitrogens is 3. The van der Waals surface area contributed by atoms with E-state index in [0.29, 0.717) is 23.5 Å². The van der Waals surface area contributed by atoms with E-state index in [2.05, 4.69) is 33.9 Å². The number of ether oxygens (including phenoxy) is 1. The lowest BCUT2D eigenvalue weighted by Gasteiger charge is -2.30. The van der Waals surface area contributed by atoms with Crippen molar-refractivity contribution in [2.24, 2.45) is 5.41 Å². The summed E-state index contributed by atoms with van der Waals surface area (Å²) < 4.78 is 7.90. The third-order valence-corrected chi connectivity index (χ3v) is 5.89.